The zero-order valence-electron chi connectivity index (χ0n) is 16.8. The number of halogens is 1. The van der Waals surface area contributed by atoms with Gasteiger partial charge in [0.25, 0.3) is 0 Å². The van der Waals surface area contributed by atoms with Crippen LogP contribution < -0.4 is 15.4 Å². The molecule has 7 nitrogen and oxygen atoms in total. The number of benzene rings is 2. The van der Waals surface area contributed by atoms with Crippen LogP contribution in [-0.2, 0) is 11.4 Å². The Balaban J connectivity index is 1.46. The number of hydrogen-bond acceptors (Lipinski definition) is 6. The molecule has 158 valence electrons. The van der Waals surface area contributed by atoms with E-state index in [1.165, 1.54) is 0 Å². The molecule has 0 bridgehead atoms. The van der Waals surface area contributed by atoms with Crippen molar-refractivity contribution in [1.29, 1.82) is 5.26 Å². The van der Waals surface area contributed by atoms with Crippen molar-refractivity contribution in [2.45, 2.75) is 19.4 Å². The molecule has 0 spiro atoms. The normalized spacial score (nSPS) is 14.3. The summed E-state index contributed by atoms with van der Waals surface area (Å²) in [6.07, 6.45) is 1.27. The highest BCUT2D eigenvalue weighted by atomic mass is 35.5. The van der Waals surface area contributed by atoms with Crippen molar-refractivity contribution >= 4 is 23.4 Å². The van der Waals surface area contributed by atoms with Crippen LogP contribution in [0.15, 0.2) is 52.9 Å². The van der Waals surface area contributed by atoms with Crippen LogP contribution in [0.4, 0.5) is 5.88 Å². The summed E-state index contributed by atoms with van der Waals surface area (Å²) in [5, 5.41) is 10.2. The Labute approximate surface area is 185 Å². The molecule has 1 aliphatic rings. The molecule has 4 rings (SSSR count). The lowest BCUT2D eigenvalue weighted by Gasteiger charge is -2.30. The van der Waals surface area contributed by atoms with Crippen molar-refractivity contribution in [2.24, 2.45) is 11.7 Å². The molecule has 0 saturated carbocycles. The molecular weight excluding hydrogens is 416 g/mol. The highest BCUT2D eigenvalue weighted by molar-refractivity contribution is 6.31. The van der Waals surface area contributed by atoms with E-state index in [4.69, 9.17) is 26.5 Å². The number of nitrogens with two attached hydrogens (primary N) is 1. The van der Waals surface area contributed by atoms with Crippen molar-refractivity contribution in [3.05, 3.63) is 64.8 Å². The average molecular weight is 437 g/mol. The number of nitrogens with zero attached hydrogens (tertiary/aromatic N) is 3. The molecule has 0 atom stereocenters. The van der Waals surface area contributed by atoms with Crippen LogP contribution >= 0.6 is 11.6 Å². The zero-order valence-corrected chi connectivity index (χ0v) is 17.5. The van der Waals surface area contributed by atoms with Gasteiger partial charge in [0.1, 0.15) is 18.4 Å². The Bertz CT molecular complexity index is 1110. The van der Waals surface area contributed by atoms with Crippen molar-refractivity contribution in [3.8, 4) is 23.3 Å². The molecule has 0 radical (unpaired) electrons. The summed E-state index contributed by atoms with van der Waals surface area (Å²) < 4.78 is 11.7. The monoisotopic (exact) mass is 436 g/mol. The first-order valence-corrected chi connectivity index (χ1v) is 10.3. The summed E-state index contributed by atoms with van der Waals surface area (Å²) in [6.45, 7) is 1.54. The molecule has 1 saturated heterocycles. The van der Waals surface area contributed by atoms with E-state index in [1.807, 2.05) is 53.4 Å². The van der Waals surface area contributed by atoms with E-state index < -0.39 is 0 Å². The molecule has 1 aliphatic heterocycles. The Morgan fingerprint density at radius 2 is 1.94 bits per heavy atom. The van der Waals surface area contributed by atoms with Crippen LogP contribution in [0.3, 0.4) is 0 Å². The Morgan fingerprint density at radius 3 is 2.58 bits per heavy atom. The van der Waals surface area contributed by atoms with E-state index in [-0.39, 0.29) is 17.5 Å². The predicted octanol–water partition coefficient (Wildman–Crippen LogP) is 4.15. The number of hydrogen-bond donors (Lipinski definition) is 1. The maximum atomic E-state index is 11.4. The van der Waals surface area contributed by atoms with Crippen molar-refractivity contribution < 1.29 is 13.9 Å². The molecule has 1 aromatic heterocycles. The molecule has 2 N–H and O–H groups in total. The maximum absolute atomic E-state index is 11.4. The fourth-order valence-electron chi connectivity index (χ4n) is 3.56. The van der Waals surface area contributed by atoms with Gasteiger partial charge in [-0.2, -0.15) is 10.2 Å². The van der Waals surface area contributed by atoms with Crippen LogP contribution in [-0.4, -0.2) is 24.0 Å². The number of carbonyl (C=O) groups is 1. The number of ether oxygens (including phenoxy) is 1. The van der Waals surface area contributed by atoms with Crippen LogP contribution in [0.1, 0.15) is 24.1 Å². The third-order valence-electron chi connectivity index (χ3n) is 5.35. The van der Waals surface area contributed by atoms with Crippen LogP contribution in [0.5, 0.6) is 5.75 Å². The number of anilines is 1. The first kappa shape index (κ1) is 20.8. The number of aromatic nitrogens is 1. The second kappa shape index (κ2) is 9.11. The van der Waals surface area contributed by atoms with Crippen molar-refractivity contribution in [1.82, 2.24) is 4.98 Å². The summed E-state index contributed by atoms with van der Waals surface area (Å²) in [5.41, 5.74) is 7.27. The minimum Gasteiger partial charge on any atom is -0.489 e. The van der Waals surface area contributed by atoms with Gasteiger partial charge >= 0.3 is 0 Å². The molecule has 3 aromatic rings. The minimum absolute atomic E-state index is 0.137. The molecule has 0 aliphatic carbocycles. The van der Waals surface area contributed by atoms with Gasteiger partial charge in [0.15, 0.2) is 0 Å². The summed E-state index contributed by atoms with van der Waals surface area (Å²) in [5.74, 6) is 1.06. The van der Waals surface area contributed by atoms with E-state index >= 15 is 0 Å². The second-order valence-corrected chi connectivity index (χ2v) is 7.76. The molecule has 8 heteroatoms. The standard InChI is InChI=1S/C23H21ClN4O3/c24-19-4-2-1-3-17(19)14-30-18-7-5-16(6-8-18)22-27-20(13-25)23(31-22)28-11-9-15(10-12-28)21(26)29/h1-8,15H,9-12,14H2,(H2,26,29). The predicted molar refractivity (Wildman–Crippen MR) is 117 cm³/mol. The molecular formula is C23H21ClN4O3. The fourth-order valence-corrected chi connectivity index (χ4v) is 3.75. The number of primary amides is 1. The first-order valence-electron chi connectivity index (χ1n) is 9.97. The van der Waals surface area contributed by atoms with Crippen LogP contribution in [0.2, 0.25) is 5.02 Å². The van der Waals surface area contributed by atoms with Gasteiger partial charge in [-0.1, -0.05) is 29.8 Å². The van der Waals surface area contributed by atoms with Gasteiger partial charge in [0, 0.05) is 35.2 Å². The highest BCUT2D eigenvalue weighted by Gasteiger charge is 2.27. The number of nitriles is 1. The minimum atomic E-state index is -0.282. The van der Waals surface area contributed by atoms with E-state index in [9.17, 15) is 10.1 Å². The maximum Gasteiger partial charge on any atom is 0.235 e. The number of piperidine rings is 1. The Hall–Kier alpha value is -3.50. The lowest BCUT2D eigenvalue weighted by molar-refractivity contribution is -0.122. The number of amides is 1. The smallest absolute Gasteiger partial charge is 0.235 e. The highest BCUT2D eigenvalue weighted by Crippen LogP contribution is 2.32. The van der Waals surface area contributed by atoms with Crippen LogP contribution in [0.25, 0.3) is 11.5 Å². The first-order chi connectivity index (χ1) is 15.0. The van der Waals surface area contributed by atoms with Gasteiger partial charge in [0.05, 0.1) is 0 Å². The molecule has 1 fully saturated rings. The molecule has 1 amide bonds. The number of rotatable bonds is 6. The van der Waals surface area contributed by atoms with Gasteiger partial charge in [-0.15, -0.1) is 0 Å². The third-order valence-corrected chi connectivity index (χ3v) is 5.72. The van der Waals surface area contributed by atoms with Gasteiger partial charge in [0.2, 0.25) is 23.4 Å². The van der Waals surface area contributed by atoms with Crippen molar-refractivity contribution in [2.75, 3.05) is 18.0 Å². The summed E-state index contributed by atoms with van der Waals surface area (Å²) >= 11 is 6.16. The van der Waals surface area contributed by atoms with Gasteiger partial charge in [-0.25, -0.2) is 0 Å². The lowest BCUT2D eigenvalue weighted by Crippen LogP contribution is -2.38. The van der Waals surface area contributed by atoms with Gasteiger partial charge in [-0.05, 0) is 43.2 Å². The van der Waals surface area contributed by atoms with E-state index in [1.54, 1.807) is 0 Å². The molecule has 0 unspecified atom stereocenters. The topological polar surface area (TPSA) is 105 Å². The van der Waals surface area contributed by atoms with E-state index in [0.29, 0.717) is 55.1 Å². The average Bonchev–Trinajstić information content (AvgIpc) is 3.23. The SMILES string of the molecule is N#Cc1nc(-c2ccc(OCc3ccccc3Cl)cc2)oc1N1CCC(C(N)=O)CC1. The number of carbonyl (C=O) groups excluding carboxylic acids is 1. The zero-order chi connectivity index (χ0) is 21.8. The second-order valence-electron chi connectivity index (χ2n) is 7.35. The van der Waals surface area contributed by atoms with Gasteiger partial charge in [-0.3, -0.25) is 4.79 Å². The van der Waals surface area contributed by atoms with Crippen LogP contribution in [0, 0.1) is 17.2 Å². The molecule has 31 heavy (non-hydrogen) atoms. The fraction of sp³-hybridized carbons (Fsp3) is 0.261. The molecule has 2 heterocycles. The molecule has 2 aromatic carbocycles. The summed E-state index contributed by atoms with van der Waals surface area (Å²) in [6, 6.07) is 16.9. The van der Waals surface area contributed by atoms with Crippen molar-refractivity contribution in [3.63, 3.8) is 0 Å². The number of oxazole rings is 1. The van der Waals surface area contributed by atoms with Gasteiger partial charge < -0.3 is 19.8 Å². The quantitative estimate of drug-likeness (QED) is 0.622. The Morgan fingerprint density at radius 1 is 1.23 bits per heavy atom. The third kappa shape index (κ3) is 4.65. The van der Waals surface area contributed by atoms with E-state index in [0.717, 1.165) is 11.1 Å². The van der Waals surface area contributed by atoms with E-state index in [2.05, 4.69) is 11.1 Å². The summed E-state index contributed by atoms with van der Waals surface area (Å²) in [7, 11) is 0. The largest absolute Gasteiger partial charge is 0.489 e. The Kier molecular flexibility index (Phi) is 6.10. The lowest BCUT2D eigenvalue weighted by atomic mass is 9.96. The summed E-state index contributed by atoms with van der Waals surface area (Å²) in [4.78, 5) is 17.7.